The van der Waals surface area contributed by atoms with Crippen LogP contribution in [0.5, 0.6) is 0 Å². The van der Waals surface area contributed by atoms with Crippen LogP contribution >= 0.6 is 11.6 Å². The van der Waals surface area contributed by atoms with Gasteiger partial charge >= 0.3 is 0 Å². The van der Waals surface area contributed by atoms with E-state index in [0.717, 1.165) is 11.1 Å². The quantitative estimate of drug-likeness (QED) is 0.286. The third-order valence-corrected chi connectivity index (χ3v) is 10.4. The second-order valence-corrected chi connectivity index (χ2v) is 13.8. The van der Waals surface area contributed by atoms with E-state index in [-0.39, 0.29) is 5.28 Å². The molecule has 0 aliphatic carbocycles. The van der Waals surface area contributed by atoms with Crippen LogP contribution in [0.25, 0.3) is 45.0 Å². The van der Waals surface area contributed by atoms with Crippen molar-refractivity contribution in [2.45, 2.75) is 13.1 Å². The topological polar surface area (TPSA) is 38.7 Å². The Morgan fingerprint density at radius 1 is 0.529 bits per heavy atom. The second-order valence-electron chi connectivity index (χ2n) is 9.13. The number of hydrogen-bond donors (Lipinski definition) is 0. The molecule has 2 heterocycles. The van der Waals surface area contributed by atoms with E-state index in [0.29, 0.717) is 11.6 Å². The number of aromatic nitrogens is 3. The first-order chi connectivity index (χ1) is 16.5. The highest BCUT2D eigenvalue weighted by Gasteiger charge is 2.38. The van der Waals surface area contributed by atoms with Gasteiger partial charge in [0.2, 0.25) is 5.28 Å². The van der Waals surface area contributed by atoms with Crippen LogP contribution in [0.3, 0.4) is 0 Å². The monoisotopic (exact) mass is 475 g/mol. The molecular weight excluding hydrogens is 454 g/mol. The maximum atomic E-state index is 6.32. The zero-order valence-electron chi connectivity index (χ0n) is 19.0. The van der Waals surface area contributed by atoms with Crippen LogP contribution in [0.2, 0.25) is 18.4 Å². The number of benzene rings is 4. The minimum Gasteiger partial charge on any atom is -0.208 e. The first kappa shape index (κ1) is 21.0. The average molecular weight is 476 g/mol. The van der Waals surface area contributed by atoms with Crippen molar-refractivity contribution < 1.29 is 0 Å². The normalized spacial score (nSPS) is 13.4. The molecule has 0 amide bonds. The van der Waals surface area contributed by atoms with Crippen molar-refractivity contribution in [1.29, 1.82) is 0 Å². The number of rotatable bonds is 3. The summed E-state index contributed by atoms with van der Waals surface area (Å²) in [4.78, 5) is 13.6. The van der Waals surface area contributed by atoms with Gasteiger partial charge in [-0.05, 0) is 44.2 Å². The predicted molar refractivity (Wildman–Crippen MR) is 143 cm³/mol. The minimum atomic E-state index is -1.91. The van der Waals surface area contributed by atoms with Crippen molar-refractivity contribution in [3.05, 3.63) is 102 Å². The molecule has 1 aliphatic rings. The molecule has 0 N–H and O–H groups in total. The van der Waals surface area contributed by atoms with Gasteiger partial charge in [0.15, 0.2) is 11.6 Å². The molecule has 0 saturated carbocycles. The van der Waals surface area contributed by atoms with Crippen LogP contribution < -0.4 is 10.4 Å². The Bertz CT molecular complexity index is 1530. The maximum absolute atomic E-state index is 6.32. The molecule has 1 aromatic heterocycles. The zero-order chi connectivity index (χ0) is 23.3. The fourth-order valence-corrected chi connectivity index (χ4v) is 8.15. The molecule has 0 radical (unpaired) electrons. The molecule has 5 aromatic rings. The molecule has 4 aromatic carbocycles. The van der Waals surface area contributed by atoms with Gasteiger partial charge in [0, 0.05) is 11.1 Å². The molecule has 6 rings (SSSR count). The van der Waals surface area contributed by atoms with Gasteiger partial charge in [-0.1, -0.05) is 110 Å². The fourth-order valence-electron chi connectivity index (χ4n) is 4.88. The van der Waals surface area contributed by atoms with Crippen LogP contribution in [-0.2, 0) is 0 Å². The highest BCUT2D eigenvalue weighted by molar-refractivity contribution is 7.03. The van der Waals surface area contributed by atoms with Gasteiger partial charge in [0.25, 0.3) is 0 Å². The van der Waals surface area contributed by atoms with Gasteiger partial charge in [-0.2, -0.15) is 9.97 Å². The fraction of sp³-hybridized carbons (Fsp3) is 0.0690. The van der Waals surface area contributed by atoms with E-state index in [1.165, 1.54) is 32.6 Å². The average Bonchev–Trinajstić information content (AvgIpc) is 3.10. The van der Waals surface area contributed by atoms with E-state index >= 15 is 0 Å². The Morgan fingerprint density at radius 2 is 1.03 bits per heavy atom. The van der Waals surface area contributed by atoms with E-state index in [1.54, 1.807) is 0 Å². The zero-order valence-corrected chi connectivity index (χ0v) is 20.7. The lowest BCUT2D eigenvalue weighted by molar-refractivity contribution is 1.07. The molecule has 0 fully saturated rings. The molecule has 0 spiro atoms. The third kappa shape index (κ3) is 3.47. The summed E-state index contributed by atoms with van der Waals surface area (Å²) in [7, 11) is -1.91. The number of nitrogens with zero attached hydrogens (tertiary/aromatic N) is 3. The molecular formula is C29H22ClN3Si. The largest absolute Gasteiger partial charge is 0.226 e. The lowest BCUT2D eigenvalue weighted by Crippen LogP contribution is -2.49. The van der Waals surface area contributed by atoms with Gasteiger partial charge in [-0.15, -0.1) is 0 Å². The SMILES string of the molecule is C[Si]1(C)c2cc(-c3ccccc3)ccc2-c2ccc(-c3nc(Cl)nc(-c4ccccc4)n3)cc21. The van der Waals surface area contributed by atoms with E-state index in [1.807, 2.05) is 30.3 Å². The number of fused-ring (bicyclic) bond motifs is 3. The van der Waals surface area contributed by atoms with Crippen LogP contribution in [-0.4, -0.2) is 23.0 Å². The Hall–Kier alpha value is -3.60. The van der Waals surface area contributed by atoms with Crippen molar-refractivity contribution in [2.24, 2.45) is 0 Å². The smallest absolute Gasteiger partial charge is 0.208 e. The Morgan fingerprint density at radius 3 is 1.65 bits per heavy atom. The van der Waals surface area contributed by atoms with Crippen LogP contribution in [0.1, 0.15) is 0 Å². The van der Waals surface area contributed by atoms with Crippen molar-refractivity contribution in [3.8, 4) is 45.0 Å². The van der Waals surface area contributed by atoms with Gasteiger partial charge < -0.3 is 0 Å². The van der Waals surface area contributed by atoms with Gasteiger partial charge in [-0.25, -0.2) is 4.98 Å². The van der Waals surface area contributed by atoms with E-state index in [9.17, 15) is 0 Å². The Kier molecular flexibility index (Phi) is 4.94. The number of hydrogen-bond acceptors (Lipinski definition) is 3. The second kappa shape index (κ2) is 8.01. The maximum Gasteiger partial charge on any atom is 0.226 e. The van der Waals surface area contributed by atoms with Crippen LogP contribution in [0.4, 0.5) is 0 Å². The molecule has 3 nitrogen and oxygen atoms in total. The first-order valence-corrected chi connectivity index (χ1v) is 14.7. The molecule has 0 unspecified atom stereocenters. The van der Waals surface area contributed by atoms with Gasteiger partial charge in [-0.3, -0.25) is 0 Å². The first-order valence-electron chi connectivity index (χ1n) is 11.3. The lowest BCUT2D eigenvalue weighted by atomic mass is 9.99. The van der Waals surface area contributed by atoms with Crippen molar-refractivity contribution in [2.75, 3.05) is 0 Å². The van der Waals surface area contributed by atoms with E-state index < -0.39 is 8.07 Å². The summed E-state index contributed by atoms with van der Waals surface area (Å²) in [5.74, 6) is 1.19. The summed E-state index contributed by atoms with van der Waals surface area (Å²) < 4.78 is 0. The van der Waals surface area contributed by atoms with Gasteiger partial charge in [0.1, 0.15) is 8.07 Å². The summed E-state index contributed by atoms with van der Waals surface area (Å²) in [6, 6.07) is 34.0. The summed E-state index contributed by atoms with van der Waals surface area (Å²) >= 11 is 6.32. The third-order valence-electron chi connectivity index (χ3n) is 6.68. The van der Waals surface area contributed by atoms with Crippen LogP contribution in [0, 0.1) is 0 Å². The molecule has 0 atom stereocenters. The molecule has 0 bridgehead atoms. The molecule has 34 heavy (non-hydrogen) atoms. The van der Waals surface area contributed by atoms with Crippen LogP contribution in [0.15, 0.2) is 97.1 Å². The highest BCUT2D eigenvalue weighted by atomic mass is 35.5. The summed E-state index contributed by atoms with van der Waals surface area (Å²) in [6.45, 7) is 4.85. The summed E-state index contributed by atoms with van der Waals surface area (Å²) in [5.41, 5.74) is 7.07. The van der Waals surface area contributed by atoms with Crippen molar-refractivity contribution in [1.82, 2.24) is 15.0 Å². The molecule has 1 aliphatic heterocycles. The lowest BCUT2D eigenvalue weighted by Gasteiger charge is -2.20. The van der Waals surface area contributed by atoms with Crippen molar-refractivity contribution >= 4 is 30.0 Å². The summed E-state index contributed by atoms with van der Waals surface area (Å²) in [6.07, 6.45) is 0. The minimum absolute atomic E-state index is 0.205. The Balaban J connectivity index is 1.45. The van der Waals surface area contributed by atoms with E-state index in [4.69, 9.17) is 16.6 Å². The number of halogens is 1. The standard InChI is InChI=1S/C29H22ClN3Si/c1-34(2)25-17-21(19-9-5-3-6-10-19)13-15-23(25)24-16-14-22(18-26(24)34)28-31-27(32-29(30)33-28)20-11-7-4-8-12-20/h3-18H,1-2H3. The van der Waals surface area contributed by atoms with E-state index in [2.05, 4.69) is 89.8 Å². The van der Waals surface area contributed by atoms with Gasteiger partial charge in [0.05, 0.1) is 0 Å². The molecule has 5 heteroatoms. The molecule has 0 saturated heterocycles. The van der Waals surface area contributed by atoms with Crippen molar-refractivity contribution in [3.63, 3.8) is 0 Å². The Labute approximate surface area is 205 Å². The highest BCUT2D eigenvalue weighted by Crippen LogP contribution is 2.33. The summed E-state index contributed by atoms with van der Waals surface area (Å²) in [5, 5.41) is 3.08. The predicted octanol–water partition coefficient (Wildman–Crippen LogP) is 6.33. The molecule has 164 valence electrons.